The van der Waals surface area contributed by atoms with Gasteiger partial charge < -0.3 is 19.9 Å². The van der Waals surface area contributed by atoms with E-state index in [4.69, 9.17) is 9.47 Å². The standard InChI is InChI=1S/C19H33NO6/c1-12(2)16(23)25-17(13(3)4)26-18(24)20-11-19(10-15(21)22)9-7-6-8-14(19)5/h12-14,17H,6-11H2,1-5H3,(H,20,24)(H,21,22). The first-order valence-corrected chi connectivity index (χ1v) is 9.44. The Hall–Kier alpha value is -1.79. The maximum Gasteiger partial charge on any atom is 0.410 e. The molecule has 1 aliphatic carbocycles. The Morgan fingerprint density at radius 1 is 1.15 bits per heavy atom. The van der Waals surface area contributed by atoms with Crippen molar-refractivity contribution in [3.8, 4) is 0 Å². The highest BCUT2D eigenvalue weighted by Crippen LogP contribution is 2.43. The maximum atomic E-state index is 12.2. The highest BCUT2D eigenvalue weighted by atomic mass is 16.7. The van der Waals surface area contributed by atoms with Crippen molar-refractivity contribution in [1.82, 2.24) is 5.32 Å². The Labute approximate surface area is 155 Å². The fraction of sp³-hybridized carbons (Fsp3) is 0.842. The molecule has 0 saturated heterocycles. The Morgan fingerprint density at radius 2 is 1.81 bits per heavy atom. The van der Waals surface area contributed by atoms with Crippen LogP contribution in [-0.2, 0) is 19.1 Å². The molecule has 0 spiro atoms. The predicted molar refractivity (Wildman–Crippen MR) is 96.4 cm³/mol. The highest BCUT2D eigenvalue weighted by Gasteiger charge is 2.40. The maximum absolute atomic E-state index is 12.2. The van der Waals surface area contributed by atoms with E-state index in [1.165, 1.54) is 0 Å². The van der Waals surface area contributed by atoms with Crippen LogP contribution in [0, 0.1) is 23.2 Å². The minimum atomic E-state index is -0.968. The molecule has 0 aromatic rings. The van der Waals surface area contributed by atoms with Gasteiger partial charge in [-0.2, -0.15) is 0 Å². The number of esters is 1. The molecule has 1 saturated carbocycles. The summed E-state index contributed by atoms with van der Waals surface area (Å²) >= 11 is 0. The van der Waals surface area contributed by atoms with Gasteiger partial charge in [-0.15, -0.1) is 0 Å². The number of amides is 1. The summed E-state index contributed by atoms with van der Waals surface area (Å²) in [5, 5.41) is 12.0. The van der Waals surface area contributed by atoms with Crippen LogP contribution in [0.15, 0.2) is 0 Å². The Bertz CT molecular complexity index is 504. The molecule has 0 aliphatic heterocycles. The molecule has 7 nitrogen and oxygen atoms in total. The van der Waals surface area contributed by atoms with Gasteiger partial charge in [0.2, 0.25) is 0 Å². The number of carboxylic acids is 1. The normalized spacial score (nSPS) is 24.2. The van der Waals surface area contributed by atoms with E-state index < -0.39 is 29.7 Å². The first kappa shape index (κ1) is 22.3. The molecule has 1 aliphatic rings. The number of carboxylic acid groups (broad SMARTS) is 1. The summed E-state index contributed by atoms with van der Waals surface area (Å²) in [4.78, 5) is 35.3. The van der Waals surface area contributed by atoms with Crippen LogP contribution in [0.3, 0.4) is 0 Å². The molecule has 3 atom stereocenters. The molecule has 0 aromatic carbocycles. The van der Waals surface area contributed by atoms with Gasteiger partial charge in [0.1, 0.15) is 0 Å². The van der Waals surface area contributed by atoms with E-state index in [1.54, 1.807) is 27.7 Å². The third kappa shape index (κ3) is 6.50. The lowest BCUT2D eigenvalue weighted by atomic mass is 9.65. The first-order chi connectivity index (χ1) is 12.1. The second-order valence-electron chi connectivity index (χ2n) is 8.04. The molecular formula is C19H33NO6. The second kappa shape index (κ2) is 9.78. The topological polar surface area (TPSA) is 102 Å². The summed E-state index contributed by atoms with van der Waals surface area (Å²) in [5.74, 6) is -1.60. The van der Waals surface area contributed by atoms with Crippen molar-refractivity contribution >= 4 is 18.0 Å². The second-order valence-corrected chi connectivity index (χ2v) is 8.04. The molecule has 3 unspecified atom stereocenters. The van der Waals surface area contributed by atoms with Gasteiger partial charge in [-0.3, -0.25) is 9.59 Å². The number of rotatable bonds is 8. The lowest BCUT2D eigenvalue weighted by Gasteiger charge is -2.42. The van der Waals surface area contributed by atoms with Gasteiger partial charge in [0, 0.05) is 17.9 Å². The highest BCUT2D eigenvalue weighted by molar-refractivity contribution is 5.72. The van der Waals surface area contributed by atoms with E-state index in [1.807, 2.05) is 6.92 Å². The van der Waals surface area contributed by atoms with Crippen molar-refractivity contribution in [2.45, 2.75) is 73.0 Å². The summed E-state index contributed by atoms with van der Waals surface area (Å²) < 4.78 is 10.5. The number of hydrogen-bond donors (Lipinski definition) is 2. The molecule has 1 amide bonds. The third-order valence-electron chi connectivity index (χ3n) is 5.17. The number of hydrogen-bond acceptors (Lipinski definition) is 5. The van der Waals surface area contributed by atoms with E-state index >= 15 is 0 Å². The van der Waals surface area contributed by atoms with Crippen LogP contribution in [-0.4, -0.2) is 36.0 Å². The zero-order chi connectivity index (χ0) is 19.9. The van der Waals surface area contributed by atoms with Crippen molar-refractivity contribution in [2.75, 3.05) is 6.54 Å². The number of nitrogens with one attached hydrogen (secondary N) is 1. The van der Waals surface area contributed by atoms with Gasteiger partial charge in [0.15, 0.2) is 0 Å². The van der Waals surface area contributed by atoms with Crippen LogP contribution in [0.1, 0.15) is 66.7 Å². The summed E-state index contributed by atoms with van der Waals surface area (Å²) in [7, 11) is 0. The third-order valence-corrected chi connectivity index (χ3v) is 5.17. The van der Waals surface area contributed by atoms with Crippen molar-refractivity contribution in [3.63, 3.8) is 0 Å². The lowest BCUT2D eigenvalue weighted by molar-refractivity contribution is -0.178. The van der Waals surface area contributed by atoms with E-state index in [0.29, 0.717) is 0 Å². The van der Waals surface area contributed by atoms with Crippen molar-refractivity contribution in [1.29, 1.82) is 0 Å². The minimum absolute atomic E-state index is 0.0182. The molecule has 2 N–H and O–H groups in total. The molecule has 7 heteroatoms. The van der Waals surface area contributed by atoms with Gasteiger partial charge in [-0.1, -0.05) is 53.9 Å². The molecule has 0 aromatic heterocycles. The Kier molecular flexibility index (Phi) is 8.37. The van der Waals surface area contributed by atoms with Crippen molar-refractivity contribution < 1.29 is 29.0 Å². The van der Waals surface area contributed by atoms with Crippen LogP contribution < -0.4 is 5.32 Å². The van der Waals surface area contributed by atoms with Crippen LogP contribution in [0.25, 0.3) is 0 Å². The van der Waals surface area contributed by atoms with E-state index in [9.17, 15) is 19.5 Å². The monoisotopic (exact) mass is 371 g/mol. The quantitative estimate of drug-likeness (QED) is 0.499. The smallest absolute Gasteiger partial charge is 0.410 e. The number of alkyl carbamates (subject to hydrolysis) is 1. The molecule has 0 bridgehead atoms. The largest absolute Gasteiger partial charge is 0.481 e. The summed E-state index contributed by atoms with van der Waals surface area (Å²) in [6.07, 6.45) is 2.10. The van der Waals surface area contributed by atoms with Crippen molar-refractivity contribution in [2.24, 2.45) is 23.2 Å². The summed E-state index contributed by atoms with van der Waals surface area (Å²) in [6.45, 7) is 9.28. The average Bonchev–Trinajstić information content (AvgIpc) is 2.54. The molecule has 150 valence electrons. The summed E-state index contributed by atoms with van der Waals surface area (Å²) in [5.41, 5.74) is -0.467. The van der Waals surface area contributed by atoms with Gasteiger partial charge in [0.25, 0.3) is 6.29 Å². The van der Waals surface area contributed by atoms with E-state index in [2.05, 4.69) is 5.32 Å². The minimum Gasteiger partial charge on any atom is -0.481 e. The molecule has 1 fully saturated rings. The van der Waals surface area contributed by atoms with E-state index in [-0.39, 0.29) is 30.7 Å². The first-order valence-electron chi connectivity index (χ1n) is 9.44. The average molecular weight is 371 g/mol. The van der Waals surface area contributed by atoms with Crippen LogP contribution in [0.2, 0.25) is 0 Å². The molecule has 0 radical (unpaired) electrons. The number of carbonyl (C=O) groups excluding carboxylic acids is 2. The number of ether oxygens (including phenoxy) is 2. The SMILES string of the molecule is CC(C)C(=O)OC(OC(=O)NCC1(CC(=O)O)CCCCC1C)C(C)C. The van der Waals surface area contributed by atoms with Crippen LogP contribution in [0.5, 0.6) is 0 Å². The molecule has 1 rings (SSSR count). The predicted octanol–water partition coefficient (Wildman–Crippen LogP) is 3.57. The van der Waals surface area contributed by atoms with Gasteiger partial charge in [0.05, 0.1) is 12.3 Å². The molecule has 26 heavy (non-hydrogen) atoms. The number of aliphatic carboxylic acids is 1. The number of carbonyl (C=O) groups is 3. The van der Waals surface area contributed by atoms with Crippen LogP contribution in [0.4, 0.5) is 4.79 Å². The Balaban J connectivity index is 2.68. The molecule has 0 heterocycles. The molecular weight excluding hydrogens is 338 g/mol. The van der Waals surface area contributed by atoms with Crippen LogP contribution >= 0.6 is 0 Å². The van der Waals surface area contributed by atoms with E-state index in [0.717, 1.165) is 25.7 Å². The lowest BCUT2D eigenvalue weighted by Crippen LogP contribution is -2.46. The van der Waals surface area contributed by atoms with Gasteiger partial charge >= 0.3 is 18.0 Å². The zero-order valence-corrected chi connectivity index (χ0v) is 16.5. The summed E-state index contributed by atoms with van der Waals surface area (Å²) in [6, 6.07) is 0. The Morgan fingerprint density at radius 3 is 2.31 bits per heavy atom. The fourth-order valence-corrected chi connectivity index (χ4v) is 3.31. The van der Waals surface area contributed by atoms with Crippen molar-refractivity contribution in [3.05, 3.63) is 0 Å². The van der Waals surface area contributed by atoms with Gasteiger partial charge in [-0.05, 0) is 12.3 Å². The zero-order valence-electron chi connectivity index (χ0n) is 16.5. The fourth-order valence-electron chi connectivity index (χ4n) is 3.31. The van der Waals surface area contributed by atoms with Gasteiger partial charge in [-0.25, -0.2) is 4.79 Å².